The van der Waals surface area contributed by atoms with Gasteiger partial charge in [0.1, 0.15) is 28.5 Å². The number of rotatable bonds is 8. The van der Waals surface area contributed by atoms with E-state index in [2.05, 4.69) is 59.7 Å². The zero-order valence-corrected chi connectivity index (χ0v) is 22.1. The zero-order chi connectivity index (χ0) is 24.2. The second kappa shape index (κ2) is 10.8. The second-order valence-electron chi connectivity index (χ2n) is 7.97. The first kappa shape index (κ1) is 23.8. The number of anilines is 3. The molecule has 2 aromatic heterocycles. The highest BCUT2D eigenvalue weighted by Gasteiger charge is 2.21. The SMILES string of the molecule is CCOc1cc(N2CCOCC2)c(OCC)cc1Nc1ncnc2scc(-c3ccc(Br)cc3)c12. The Kier molecular flexibility index (Phi) is 7.36. The van der Waals surface area contributed by atoms with Gasteiger partial charge in [0.25, 0.3) is 0 Å². The van der Waals surface area contributed by atoms with Gasteiger partial charge in [0, 0.05) is 40.6 Å². The van der Waals surface area contributed by atoms with E-state index in [0.717, 1.165) is 67.6 Å². The van der Waals surface area contributed by atoms with E-state index in [-0.39, 0.29) is 0 Å². The van der Waals surface area contributed by atoms with Gasteiger partial charge in [0.05, 0.1) is 43.2 Å². The number of aromatic nitrogens is 2. The number of ether oxygens (including phenoxy) is 3. The lowest BCUT2D eigenvalue weighted by Crippen LogP contribution is -2.36. The summed E-state index contributed by atoms with van der Waals surface area (Å²) in [5, 5.41) is 6.65. The number of hydrogen-bond acceptors (Lipinski definition) is 8. The minimum absolute atomic E-state index is 0.549. The highest BCUT2D eigenvalue weighted by molar-refractivity contribution is 9.10. The molecule has 7 nitrogen and oxygen atoms in total. The Morgan fingerprint density at radius 3 is 2.51 bits per heavy atom. The van der Waals surface area contributed by atoms with Crippen LogP contribution in [0.4, 0.5) is 17.2 Å². The van der Waals surface area contributed by atoms with Crippen LogP contribution in [0.2, 0.25) is 0 Å². The number of morpholine rings is 1. The third-order valence-corrected chi connectivity index (χ3v) is 7.21. The third-order valence-electron chi connectivity index (χ3n) is 5.79. The number of hydrogen-bond donors (Lipinski definition) is 1. The monoisotopic (exact) mass is 554 g/mol. The van der Waals surface area contributed by atoms with Gasteiger partial charge in [-0.3, -0.25) is 0 Å². The maximum absolute atomic E-state index is 6.07. The normalized spacial score (nSPS) is 13.7. The van der Waals surface area contributed by atoms with E-state index in [1.165, 1.54) is 0 Å². The van der Waals surface area contributed by atoms with Gasteiger partial charge in [-0.05, 0) is 31.5 Å². The van der Waals surface area contributed by atoms with Crippen molar-refractivity contribution in [3.8, 4) is 22.6 Å². The molecule has 1 fully saturated rings. The van der Waals surface area contributed by atoms with Gasteiger partial charge >= 0.3 is 0 Å². The minimum atomic E-state index is 0.549. The molecule has 0 amide bonds. The molecule has 5 rings (SSSR count). The molecule has 35 heavy (non-hydrogen) atoms. The lowest BCUT2D eigenvalue weighted by molar-refractivity contribution is 0.122. The van der Waals surface area contributed by atoms with Crippen LogP contribution in [-0.4, -0.2) is 49.5 Å². The van der Waals surface area contributed by atoms with Crippen molar-refractivity contribution in [3.05, 3.63) is 52.6 Å². The summed E-state index contributed by atoms with van der Waals surface area (Å²) in [5.41, 5.74) is 4.02. The fourth-order valence-corrected chi connectivity index (χ4v) is 5.36. The summed E-state index contributed by atoms with van der Waals surface area (Å²) >= 11 is 5.13. The van der Waals surface area contributed by atoms with Crippen LogP contribution in [0, 0.1) is 0 Å². The predicted molar refractivity (Wildman–Crippen MR) is 146 cm³/mol. The summed E-state index contributed by atoms with van der Waals surface area (Å²) in [6.45, 7) is 8.13. The molecule has 0 spiro atoms. The second-order valence-corrected chi connectivity index (χ2v) is 9.74. The van der Waals surface area contributed by atoms with E-state index in [4.69, 9.17) is 14.2 Å². The maximum atomic E-state index is 6.07. The summed E-state index contributed by atoms with van der Waals surface area (Å²) < 4.78 is 18.7. The lowest BCUT2D eigenvalue weighted by atomic mass is 10.1. The number of nitrogens with zero attached hydrogens (tertiary/aromatic N) is 3. The quantitative estimate of drug-likeness (QED) is 0.266. The summed E-state index contributed by atoms with van der Waals surface area (Å²) in [7, 11) is 0. The first-order valence-corrected chi connectivity index (χ1v) is 13.4. The van der Waals surface area contributed by atoms with Crippen molar-refractivity contribution in [1.82, 2.24) is 9.97 Å². The number of nitrogens with one attached hydrogen (secondary N) is 1. The first-order valence-electron chi connectivity index (χ1n) is 11.7. The minimum Gasteiger partial charge on any atom is -0.492 e. The van der Waals surface area contributed by atoms with Crippen molar-refractivity contribution < 1.29 is 14.2 Å². The Labute approximate surface area is 217 Å². The molecule has 9 heteroatoms. The van der Waals surface area contributed by atoms with Gasteiger partial charge < -0.3 is 24.4 Å². The Balaban J connectivity index is 1.58. The molecule has 1 saturated heterocycles. The molecule has 0 unspecified atom stereocenters. The van der Waals surface area contributed by atoms with Crippen molar-refractivity contribution in [3.63, 3.8) is 0 Å². The highest BCUT2D eigenvalue weighted by atomic mass is 79.9. The van der Waals surface area contributed by atoms with Crippen LogP contribution >= 0.6 is 27.3 Å². The van der Waals surface area contributed by atoms with Crippen LogP contribution in [0.5, 0.6) is 11.5 Å². The van der Waals surface area contributed by atoms with E-state index in [1.807, 2.05) is 32.0 Å². The Hall–Kier alpha value is -2.88. The fraction of sp³-hybridized carbons (Fsp3) is 0.308. The lowest BCUT2D eigenvalue weighted by Gasteiger charge is -2.31. The van der Waals surface area contributed by atoms with Gasteiger partial charge in [-0.15, -0.1) is 11.3 Å². The molecule has 1 N–H and O–H groups in total. The van der Waals surface area contributed by atoms with Gasteiger partial charge in [0.15, 0.2) is 0 Å². The number of fused-ring (bicyclic) bond motifs is 1. The molecule has 182 valence electrons. The van der Waals surface area contributed by atoms with E-state index < -0.39 is 0 Å². The van der Waals surface area contributed by atoms with Gasteiger partial charge in [-0.2, -0.15) is 0 Å². The number of halogens is 1. The van der Waals surface area contributed by atoms with Gasteiger partial charge in [0.2, 0.25) is 0 Å². The highest BCUT2D eigenvalue weighted by Crippen LogP contribution is 2.43. The van der Waals surface area contributed by atoms with E-state index in [9.17, 15) is 0 Å². The third kappa shape index (κ3) is 5.07. The van der Waals surface area contributed by atoms with Crippen molar-refractivity contribution in [2.75, 3.05) is 49.7 Å². The molecule has 3 heterocycles. The molecule has 1 aliphatic rings. The van der Waals surface area contributed by atoms with E-state index in [0.29, 0.717) is 26.4 Å². The molecule has 0 saturated carbocycles. The van der Waals surface area contributed by atoms with Crippen LogP contribution in [0.1, 0.15) is 13.8 Å². The van der Waals surface area contributed by atoms with Crippen LogP contribution < -0.4 is 19.7 Å². The zero-order valence-electron chi connectivity index (χ0n) is 19.7. The molecule has 0 bridgehead atoms. The van der Waals surface area contributed by atoms with E-state index >= 15 is 0 Å². The number of thiophene rings is 1. The maximum Gasteiger partial charge on any atom is 0.145 e. The standard InChI is InChI=1S/C26H27BrN4O3S/c1-3-33-22-14-21(31-9-11-32-12-10-31)23(34-4-2)13-20(22)30-25-24-19(15-35-26(24)29-16-28-25)17-5-7-18(27)8-6-17/h5-8,13-16H,3-4,9-12H2,1-2H3,(H,28,29,30). The van der Waals surface area contributed by atoms with Crippen LogP contribution in [0.25, 0.3) is 21.3 Å². The summed E-state index contributed by atoms with van der Waals surface area (Å²) in [6, 6.07) is 12.3. The summed E-state index contributed by atoms with van der Waals surface area (Å²) in [6.07, 6.45) is 1.60. The summed E-state index contributed by atoms with van der Waals surface area (Å²) in [5.74, 6) is 2.30. The van der Waals surface area contributed by atoms with Crippen molar-refractivity contribution in [1.29, 1.82) is 0 Å². The molecule has 0 aliphatic carbocycles. The molecule has 0 radical (unpaired) electrons. The summed E-state index contributed by atoms with van der Waals surface area (Å²) in [4.78, 5) is 12.3. The van der Waals surface area contributed by atoms with E-state index in [1.54, 1.807) is 17.7 Å². The van der Waals surface area contributed by atoms with Gasteiger partial charge in [-0.25, -0.2) is 9.97 Å². The molecule has 4 aromatic rings. The predicted octanol–water partition coefficient (Wildman–Crippen LogP) is 6.50. The smallest absolute Gasteiger partial charge is 0.145 e. The van der Waals surface area contributed by atoms with Crippen LogP contribution in [-0.2, 0) is 4.74 Å². The topological polar surface area (TPSA) is 68.7 Å². The largest absolute Gasteiger partial charge is 0.492 e. The Bertz CT molecular complexity index is 1310. The van der Waals surface area contributed by atoms with Crippen LogP contribution in [0.3, 0.4) is 0 Å². The molecular weight excluding hydrogens is 528 g/mol. The van der Waals surface area contributed by atoms with Crippen molar-refractivity contribution in [2.24, 2.45) is 0 Å². The molecule has 1 aliphatic heterocycles. The average Bonchev–Trinajstić information content (AvgIpc) is 3.32. The molecule has 0 atom stereocenters. The molecular formula is C26H27BrN4O3S. The van der Waals surface area contributed by atoms with Gasteiger partial charge in [-0.1, -0.05) is 28.1 Å². The number of benzene rings is 2. The Morgan fingerprint density at radius 2 is 1.77 bits per heavy atom. The van der Waals surface area contributed by atoms with Crippen molar-refractivity contribution >= 4 is 54.7 Å². The van der Waals surface area contributed by atoms with Crippen molar-refractivity contribution in [2.45, 2.75) is 13.8 Å². The Morgan fingerprint density at radius 1 is 1.03 bits per heavy atom. The van der Waals surface area contributed by atoms with Crippen LogP contribution in [0.15, 0.2) is 52.6 Å². The average molecular weight is 555 g/mol. The first-order chi connectivity index (χ1) is 17.2. The molecule has 2 aromatic carbocycles. The fourth-order valence-electron chi connectivity index (χ4n) is 4.18.